The van der Waals surface area contributed by atoms with Gasteiger partial charge in [-0.3, -0.25) is 4.79 Å². The average Bonchev–Trinajstić information content (AvgIpc) is 3.17. The number of aryl methyl sites for hydroxylation is 1. The van der Waals surface area contributed by atoms with Gasteiger partial charge < -0.3 is 19.6 Å². The number of amides is 1. The van der Waals surface area contributed by atoms with Gasteiger partial charge in [-0.1, -0.05) is 5.16 Å². The molecular formula is C14H18N4O3. The van der Waals surface area contributed by atoms with E-state index in [0.717, 1.165) is 25.9 Å². The molecule has 0 saturated carbocycles. The zero-order valence-corrected chi connectivity index (χ0v) is 11.7. The van der Waals surface area contributed by atoms with Gasteiger partial charge in [0.2, 0.25) is 17.6 Å². The molecule has 1 amide bonds. The lowest BCUT2D eigenvalue weighted by atomic mass is 10.1. The minimum atomic E-state index is 0.0152. The van der Waals surface area contributed by atoms with Gasteiger partial charge in [-0.2, -0.15) is 4.98 Å². The quantitative estimate of drug-likeness (QED) is 0.857. The molecule has 0 bridgehead atoms. The van der Waals surface area contributed by atoms with E-state index in [4.69, 9.17) is 8.94 Å². The predicted molar refractivity (Wildman–Crippen MR) is 74.4 cm³/mol. The number of nitrogens with one attached hydrogen (secondary N) is 2. The van der Waals surface area contributed by atoms with Crippen LogP contribution in [-0.4, -0.2) is 35.2 Å². The standard InChI is InChI=1S/C14H18N4O3/c19-12(16-10-3-1-7-15-9-10)5-6-13-17-14(18-21-13)11-4-2-8-20-11/h2,4,8,10,15H,1,3,5-7,9H2,(H,16,19)/t10-/m0/s1. The maximum Gasteiger partial charge on any atom is 0.238 e. The van der Waals surface area contributed by atoms with Crippen LogP contribution >= 0.6 is 0 Å². The molecule has 2 N–H and O–H groups in total. The lowest BCUT2D eigenvalue weighted by Gasteiger charge is -2.23. The summed E-state index contributed by atoms with van der Waals surface area (Å²) in [5.74, 6) is 1.43. The molecule has 3 heterocycles. The first-order chi connectivity index (χ1) is 10.3. The van der Waals surface area contributed by atoms with Crippen LogP contribution in [0.3, 0.4) is 0 Å². The first-order valence-corrected chi connectivity index (χ1v) is 7.18. The van der Waals surface area contributed by atoms with Gasteiger partial charge in [-0.15, -0.1) is 0 Å². The fourth-order valence-electron chi connectivity index (χ4n) is 2.36. The van der Waals surface area contributed by atoms with Crippen LogP contribution in [0.4, 0.5) is 0 Å². The smallest absolute Gasteiger partial charge is 0.238 e. The Morgan fingerprint density at radius 2 is 2.48 bits per heavy atom. The fourth-order valence-corrected chi connectivity index (χ4v) is 2.36. The normalized spacial score (nSPS) is 18.6. The molecule has 1 aliphatic heterocycles. The van der Waals surface area contributed by atoms with E-state index in [-0.39, 0.29) is 11.9 Å². The van der Waals surface area contributed by atoms with Gasteiger partial charge in [-0.25, -0.2) is 0 Å². The Hall–Kier alpha value is -2.15. The molecule has 1 atom stereocenters. The van der Waals surface area contributed by atoms with E-state index in [1.165, 1.54) is 0 Å². The van der Waals surface area contributed by atoms with E-state index in [9.17, 15) is 4.79 Å². The monoisotopic (exact) mass is 290 g/mol. The fraction of sp³-hybridized carbons (Fsp3) is 0.500. The first kappa shape index (κ1) is 13.8. The molecule has 2 aromatic rings. The molecule has 0 spiro atoms. The highest BCUT2D eigenvalue weighted by Gasteiger charge is 2.16. The second-order valence-corrected chi connectivity index (χ2v) is 5.10. The van der Waals surface area contributed by atoms with Gasteiger partial charge in [0.15, 0.2) is 5.76 Å². The molecule has 7 nitrogen and oxygen atoms in total. The van der Waals surface area contributed by atoms with Crippen molar-refractivity contribution in [1.82, 2.24) is 20.8 Å². The lowest BCUT2D eigenvalue weighted by molar-refractivity contribution is -0.121. The van der Waals surface area contributed by atoms with Crippen LogP contribution in [0.2, 0.25) is 0 Å². The van der Waals surface area contributed by atoms with Gasteiger partial charge in [0.25, 0.3) is 0 Å². The third-order valence-corrected chi connectivity index (χ3v) is 3.44. The van der Waals surface area contributed by atoms with Crippen LogP contribution in [0, 0.1) is 0 Å². The third kappa shape index (κ3) is 3.69. The van der Waals surface area contributed by atoms with Crippen molar-refractivity contribution < 1.29 is 13.7 Å². The highest BCUT2D eigenvalue weighted by atomic mass is 16.5. The molecule has 21 heavy (non-hydrogen) atoms. The Labute approximate surface area is 122 Å². The Balaban J connectivity index is 1.47. The topological polar surface area (TPSA) is 93.2 Å². The zero-order chi connectivity index (χ0) is 14.5. The number of hydrogen-bond acceptors (Lipinski definition) is 6. The molecule has 112 valence electrons. The Morgan fingerprint density at radius 3 is 3.24 bits per heavy atom. The maximum atomic E-state index is 11.9. The van der Waals surface area contributed by atoms with E-state index in [1.807, 2.05) is 0 Å². The van der Waals surface area contributed by atoms with Crippen molar-refractivity contribution in [2.45, 2.75) is 31.7 Å². The second kappa shape index (κ2) is 6.53. The highest BCUT2D eigenvalue weighted by molar-refractivity contribution is 5.76. The van der Waals surface area contributed by atoms with Crippen LogP contribution < -0.4 is 10.6 Å². The van der Waals surface area contributed by atoms with Gasteiger partial charge >= 0.3 is 0 Å². The van der Waals surface area contributed by atoms with Crippen molar-refractivity contribution in [1.29, 1.82) is 0 Å². The third-order valence-electron chi connectivity index (χ3n) is 3.44. The number of piperidine rings is 1. The molecule has 1 fully saturated rings. The second-order valence-electron chi connectivity index (χ2n) is 5.10. The number of hydrogen-bond donors (Lipinski definition) is 2. The van der Waals surface area contributed by atoms with Gasteiger partial charge in [0.05, 0.1) is 6.26 Å². The lowest BCUT2D eigenvalue weighted by Crippen LogP contribution is -2.45. The molecule has 1 saturated heterocycles. The Morgan fingerprint density at radius 1 is 1.52 bits per heavy atom. The summed E-state index contributed by atoms with van der Waals surface area (Å²) in [6.45, 7) is 1.87. The summed E-state index contributed by atoms with van der Waals surface area (Å²) < 4.78 is 10.3. The molecule has 7 heteroatoms. The van der Waals surface area contributed by atoms with E-state index in [0.29, 0.717) is 30.3 Å². The minimum absolute atomic E-state index is 0.0152. The average molecular weight is 290 g/mol. The van der Waals surface area contributed by atoms with Crippen LogP contribution in [0.15, 0.2) is 27.3 Å². The molecule has 1 aliphatic rings. The molecule has 0 aliphatic carbocycles. The summed E-state index contributed by atoms with van der Waals surface area (Å²) >= 11 is 0. The van der Waals surface area contributed by atoms with Crippen molar-refractivity contribution in [2.75, 3.05) is 13.1 Å². The number of aromatic nitrogens is 2. The SMILES string of the molecule is O=C(CCc1nc(-c2ccco2)no1)N[C@H]1CCCNC1. The summed E-state index contributed by atoms with van der Waals surface area (Å²) in [4.78, 5) is 16.1. The summed E-state index contributed by atoms with van der Waals surface area (Å²) in [5.41, 5.74) is 0. The van der Waals surface area contributed by atoms with Crippen LogP contribution in [0.5, 0.6) is 0 Å². The largest absolute Gasteiger partial charge is 0.461 e. The highest BCUT2D eigenvalue weighted by Crippen LogP contribution is 2.16. The number of rotatable bonds is 5. The van der Waals surface area contributed by atoms with Crippen LogP contribution in [-0.2, 0) is 11.2 Å². The van der Waals surface area contributed by atoms with Crippen molar-refractivity contribution in [3.8, 4) is 11.6 Å². The van der Waals surface area contributed by atoms with E-state index >= 15 is 0 Å². The molecule has 0 aromatic carbocycles. The van der Waals surface area contributed by atoms with Gasteiger partial charge in [0, 0.05) is 25.4 Å². The van der Waals surface area contributed by atoms with Gasteiger partial charge in [0.1, 0.15) is 0 Å². The number of furan rings is 1. The summed E-state index contributed by atoms with van der Waals surface area (Å²) in [6, 6.07) is 3.75. The molecular weight excluding hydrogens is 272 g/mol. The molecule has 0 radical (unpaired) electrons. The van der Waals surface area contributed by atoms with Crippen LogP contribution in [0.25, 0.3) is 11.6 Å². The van der Waals surface area contributed by atoms with Crippen molar-refractivity contribution in [3.63, 3.8) is 0 Å². The summed E-state index contributed by atoms with van der Waals surface area (Å²) in [6.07, 6.45) is 4.45. The van der Waals surface area contributed by atoms with Crippen molar-refractivity contribution in [2.24, 2.45) is 0 Å². The Bertz CT molecular complexity index is 573. The summed E-state index contributed by atoms with van der Waals surface area (Å²) in [7, 11) is 0. The van der Waals surface area contributed by atoms with E-state index < -0.39 is 0 Å². The summed E-state index contributed by atoms with van der Waals surface area (Å²) in [5, 5.41) is 10.1. The molecule has 3 rings (SSSR count). The minimum Gasteiger partial charge on any atom is -0.461 e. The number of carbonyl (C=O) groups excluding carboxylic acids is 1. The number of nitrogens with zero attached hydrogens (tertiary/aromatic N) is 2. The maximum absolute atomic E-state index is 11.9. The zero-order valence-electron chi connectivity index (χ0n) is 11.7. The van der Waals surface area contributed by atoms with Crippen molar-refractivity contribution >= 4 is 5.91 Å². The number of carbonyl (C=O) groups is 1. The first-order valence-electron chi connectivity index (χ1n) is 7.18. The van der Waals surface area contributed by atoms with Crippen LogP contribution in [0.1, 0.15) is 25.2 Å². The predicted octanol–water partition coefficient (Wildman–Crippen LogP) is 1.13. The van der Waals surface area contributed by atoms with E-state index in [1.54, 1.807) is 18.4 Å². The Kier molecular flexibility index (Phi) is 4.30. The van der Waals surface area contributed by atoms with Crippen molar-refractivity contribution in [3.05, 3.63) is 24.3 Å². The molecule has 2 aromatic heterocycles. The van der Waals surface area contributed by atoms with Gasteiger partial charge in [-0.05, 0) is 31.5 Å². The molecule has 0 unspecified atom stereocenters. The van der Waals surface area contributed by atoms with E-state index in [2.05, 4.69) is 20.8 Å².